The third-order valence-corrected chi connectivity index (χ3v) is 5.63. The van der Waals surface area contributed by atoms with Gasteiger partial charge in [0.15, 0.2) is 0 Å². The number of ether oxygens (including phenoxy) is 3. The van der Waals surface area contributed by atoms with E-state index in [1.54, 1.807) is 19.4 Å². The highest BCUT2D eigenvalue weighted by Crippen LogP contribution is 2.29. The lowest BCUT2D eigenvalue weighted by Crippen LogP contribution is -2.39. The van der Waals surface area contributed by atoms with Crippen molar-refractivity contribution in [1.29, 1.82) is 0 Å². The topological polar surface area (TPSA) is 94.1 Å². The average molecular weight is 426 g/mol. The molecule has 164 valence electrons. The number of aryl methyl sites for hydroxylation is 1. The van der Waals surface area contributed by atoms with Crippen molar-refractivity contribution in [2.75, 3.05) is 38.8 Å². The Morgan fingerprint density at radius 1 is 1.23 bits per heavy atom. The van der Waals surface area contributed by atoms with Crippen LogP contribution in [0.4, 0.5) is 5.82 Å². The van der Waals surface area contributed by atoms with Crippen molar-refractivity contribution in [3.05, 3.63) is 41.2 Å². The van der Waals surface area contributed by atoms with Crippen LogP contribution in [0, 0.1) is 6.92 Å². The van der Waals surface area contributed by atoms with Crippen molar-refractivity contribution >= 4 is 17.7 Å². The molecule has 2 aliphatic rings. The Morgan fingerprint density at radius 3 is 2.65 bits per heavy atom. The monoisotopic (exact) mass is 426 g/mol. The van der Waals surface area contributed by atoms with E-state index in [9.17, 15) is 9.59 Å². The lowest BCUT2D eigenvalue weighted by molar-refractivity contribution is -0.141. The molecule has 1 amide bonds. The van der Waals surface area contributed by atoms with Gasteiger partial charge in [-0.3, -0.25) is 9.59 Å². The van der Waals surface area contributed by atoms with Crippen molar-refractivity contribution < 1.29 is 23.8 Å². The Hall–Kier alpha value is -3.36. The van der Waals surface area contributed by atoms with Crippen LogP contribution in [-0.2, 0) is 16.1 Å². The summed E-state index contributed by atoms with van der Waals surface area (Å²) in [6.45, 7) is 3.83. The minimum absolute atomic E-state index is 0.0664. The van der Waals surface area contributed by atoms with Gasteiger partial charge in [-0.1, -0.05) is 0 Å². The molecule has 0 spiro atoms. The van der Waals surface area contributed by atoms with Gasteiger partial charge in [0, 0.05) is 32.0 Å². The largest absolute Gasteiger partial charge is 0.489 e. The molecule has 0 radical (unpaired) electrons. The zero-order chi connectivity index (χ0) is 22.0. The van der Waals surface area contributed by atoms with Gasteiger partial charge in [0.05, 0.1) is 38.2 Å². The summed E-state index contributed by atoms with van der Waals surface area (Å²) in [5.74, 6) is 1.56. The molecule has 0 saturated carbocycles. The maximum Gasteiger partial charge on any atom is 0.325 e. The molecule has 31 heavy (non-hydrogen) atoms. The molecule has 9 nitrogen and oxygen atoms in total. The van der Waals surface area contributed by atoms with E-state index in [4.69, 9.17) is 14.5 Å². The Kier molecular flexibility index (Phi) is 5.92. The van der Waals surface area contributed by atoms with Gasteiger partial charge in [-0.05, 0) is 24.6 Å². The molecule has 2 aliphatic heterocycles. The highest BCUT2D eigenvalue weighted by molar-refractivity contribution is 5.99. The normalized spacial score (nSPS) is 16.3. The predicted molar refractivity (Wildman–Crippen MR) is 112 cm³/mol. The number of hydrogen-bond acceptors (Lipinski definition) is 8. The summed E-state index contributed by atoms with van der Waals surface area (Å²) < 4.78 is 15.8. The van der Waals surface area contributed by atoms with Crippen molar-refractivity contribution in [1.82, 2.24) is 14.9 Å². The number of pyridine rings is 2. The number of fused-ring (bicyclic) bond motifs is 1. The van der Waals surface area contributed by atoms with Crippen LogP contribution in [0.3, 0.4) is 0 Å². The predicted octanol–water partition coefficient (Wildman–Crippen LogP) is 1.97. The fraction of sp³-hybridized carbons (Fsp3) is 0.455. The van der Waals surface area contributed by atoms with E-state index in [-0.39, 0.29) is 18.6 Å². The number of carbonyl (C=O) groups excluding carboxylic acids is 2. The molecular formula is C22H26N4O5. The summed E-state index contributed by atoms with van der Waals surface area (Å²) in [4.78, 5) is 36.8. The second-order valence-corrected chi connectivity index (χ2v) is 7.70. The highest BCUT2D eigenvalue weighted by atomic mass is 16.5. The van der Waals surface area contributed by atoms with Crippen LogP contribution in [0.25, 0.3) is 0 Å². The molecule has 1 fully saturated rings. The number of nitrogens with zero attached hydrogens (tertiary/aromatic N) is 4. The van der Waals surface area contributed by atoms with E-state index in [2.05, 4.69) is 14.6 Å². The molecule has 0 aromatic carbocycles. The number of esters is 1. The third-order valence-electron chi connectivity index (χ3n) is 5.63. The van der Waals surface area contributed by atoms with E-state index in [1.165, 1.54) is 12.0 Å². The van der Waals surface area contributed by atoms with Crippen LogP contribution < -0.4 is 14.4 Å². The lowest BCUT2D eigenvalue weighted by Gasteiger charge is -2.33. The zero-order valence-corrected chi connectivity index (χ0v) is 18.0. The van der Waals surface area contributed by atoms with Crippen LogP contribution >= 0.6 is 0 Å². The standard InChI is InChI=1S/C22H26N4O5/c1-14-10-17-18(12-26(22(17)28)13-20(27)30-3)24-21(14)25-8-6-15(7-9-25)31-16-4-5-19(29-2)23-11-16/h4-5,10-11,15H,6-9,12-13H2,1-3H3. The SMILES string of the molecule is COC(=O)CN1Cc2nc(N3CCC(Oc4ccc(OC)nc4)CC3)c(C)cc2C1=O. The van der Waals surface area contributed by atoms with Gasteiger partial charge in [-0.2, -0.15) is 0 Å². The van der Waals surface area contributed by atoms with Gasteiger partial charge < -0.3 is 24.0 Å². The minimum atomic E-state index is -0.438. The van der Waals surface area contributed by atoms with Gasteiger partial charge in [0.1, 0.15) is 24.2 Å². The first-order valence-electron chi connectivity index (χ1n) is 10.3. The fourth-order valence-electron chi connectivity index (χ4n) is 3.97. The molecule has 4 rings (SSSR count). The quantitative estimate of drug-likeness (QED) is 0.647. The second kappa shape index (κ2) is 8.79. The maximum atomic E-state index is 12.6. The van der Waals surface area contributed by atoms with Crippen molar-refractivity contribution in [2.45, 2.75) is 32.4 Å². The second-order valence-electron chi connectivity index (χ2n) is 7.70. The summed E-state index contributed by atoms with van der Waals surface area (Å²) in [5, 5.41) is 0. The van der Waals surface area contributed by atoms with Crippen LogP contribution in [0.5, 0.6) is 11.6 Å². The Labute approximate surface area is 180 Å². The molecular weight excluding hydrogens is 400 g/mol. The molecule has 2 aromatic heterocycles. The summed E-state index contributed by atoms with van der Waals surface area (Å²) in [6.07, 6.45) is 3.50. The van der Waals surface area contributed by atoms with E-state index < -0.39 is 5.97 Å². The molecule has 2 aromatic rings. The summed E-state index contributed by atoms with van der Waals surface area (Å²) in [5.41, 5.74) is 2.22. The van der Waals surface area contributed by atoms with Gasteiger partial charge in [-0.25, -0.2) is 9.97 Å². The molecule has 0 unspecified atom stereocenters. The molecule has 0 aliphatic carbocycles. The van der Waals surface area contributed by atoms with Crippen LogP contribution in [0.15, 0.2) is 24.4 Å². The molecule has 0 atom stereocenters. The summed E-state index contributed by atoms with van der Waals surface area (Å²) in [7, 11) is 2.90. The average Bonchev–Trinajstić information content (AvgIpc) is 3.08. The molecule has 9 heteroatoms. The molecule has 4 heterocycles. The summed E-state index contributed by atoms with van der Waals surface area (Å²) in [6, 6.07) is 5.53. The highest BCUT2D eigenvalue weighted by Gasteiger charge is 2.32. The minimum Gasteiger partial charge on any atom is -0.489 e. The molecule has 1 saturated heterocycles. The Morgan fingerprint density at radius 2 is 2.00 bits per heavy atom. The number of carbonyl (C=O) groups is 2. The van der Waals surface area contributed by atoms with Crippen LogP contribution in [0.2, 0.25) is 0 Å². The number of piperidine rings is 1. The van der Waals surface area contributed by atoms with E-state index in [1.807, 2.05) is 19.1 Å². The Balaban J connectivity index is 1.40. The number of rotatable bonds is 6. The third kappa shape index (κ3) is 4.40. The van der Waals surface area contributed by atoms with Crippen molar-refractivity contribution in [3.8, 4) is 11.6 Å². The number of aromatic nitrogens is 2. The molecule has 0 bridgehead atoms. The van der Waals surface area contributed by atoms with Gasteiger partial charge in [0.2, 0.25) is 5.88 Å². The fourth-order valence-corrected chi connectivity index (χ4v) is 3.97. The van der Waals surface area contributed by atoms with Gasteiger partial charge in [0.25, 0.3) is 5.91 Å². The number of anilines is 1. The summed E-state index contributed by atoms with van der Waals surface area (Å²) >= 11 is 0. The van der Waals surface area contributed by atoms with Crippen molar-refractivity contribution in [3.63, 3.8) is 0 Å². The first kappa shape index (κ1) is 20.9. The smallest absolute Gasteiger partial charge is 0.325 e. The van der Waals surface area contributed by atoms with Crippen molar-refractivity contribution in [2.24, 2.45) is 0 Å². The van der Waals surface area contributed by atoms with Gasteiger partial charge >= 0.3 is 5.97 Å². The number of amides is 1. The maximum absolute atomic E-state index is 12.6. The zero-order valence-electron chi connectivity index (χ0n) is 18.0. The van der Waals surface area contributed by atoms with Crippen LogP contribution in [-0.4, -0.2) is 66.7 Å². The molecule has 0 N–H and O–H groups in total. The van der Waals surface area contributed by atoms with Crippen LogP contribution in [0.1, 0.15) is 34.5 Å². The number of methoxy groups -OCH3 is 2. The van der Waals surface area contributed by atoms with Gasteiger partial charge in [-0.15, -0.1) is 0 Å². The van der Waals surface area contributed by atoms with E-state index in [0.717, 1.165) is 43.1 Å². The number of hydrogen-bond donors (Lipinski definition) is 0. The first-order valence-corrected chi connectivity index (χ1v) is 10.3. The first-order chi connectivity index (χ1) is 15.0. The van der Waals surface area contributed by atoms with E-state index >= 15 is 0 Å². The lowest BCUT2D eigenvalue weighted by atomic mass is 10.1. The Bertz CT molecular complexity index is 971. The van der Waals surface area contributed by atoms with E-state index in [0.29, 0.717) is 23.7 Å².